The van der Waals surface area contributed by atoms with Gasteiger partial charge in [0.2, 0.25) is 0 Å². The number of rotatable bonds is 4. The molecule has 0 unspecified atom stereocenters. The van der Waals surface area contributed by atoms with Crippen LogP contribution in [-0.2, 0) is 22.6 Å². The van der Waals surface area contributed by atoms with Crippen LogP contribution in [0.2, 0.25) is 0 Å². The summed E-state index contributed by atoms with van der Waals surface area (Å²) >= 11 is 0. The maximum absolute atomic E-state index is 11.9. The largest absolute Gasteiger partial charge is 0.461 e. The van der Waals surface area contributed by atoms with Gasteiger partial charge in [0.1, 0.15) is 6.61 Å². The lowest BCUT2D eigenvalue weighted by molar-refractivity contribution is -0.144. The number of carbonyl (C=O) groups is 1. The molecule has 3 heteroatoms. The Kier molecular flexibility index (Phi) is 3.50. The van der Waals surface area contributed by atoms with Crippen molar-refractivity contribution in [3.8, 4) is 0 Å². The molecule has 1 N–H and O–H groups in total. The number of esters is 1. The van der Waals surface area contributed by atoms with Crippen LogP contribution in [0.5, 0.6) is 0 Å². The molecule has 0 saturated heterocycles. The number of aromatic nitrogens is 1. The summed E-state index contributed by atoms with van der Waals surface area (Å²) in [4.78, 5) is 15.1. The molecule has 1 aromatic heterocycles. The monoisotopic (exact) mass is 265 g/mol. The first-order chi connectivity index (χ1) is 9.83. The van der Waals surface area contributed by atoms with Crippen LogP contribution in [0.1, 0.15) is 11.1 Å². The molecule has 3 nitrogen and oxygen atoms in total. The van der Waals surface area contributed by atoms with Crippen molar-refractivity contribution in [2.45, 2.75) is 13.0 Å². The van der Waals surface area contributed by atoms with Crippen LogP contribution in [-0.4, -0.2) is 11.0 Å². The van der Waals surface area contributed by atoms with Crippen LogP contribution < -0.4 is 0 Å². The van der Waals surface area contributed by atoms with E-state index < -0.39 is 0 Å². The van der Waals surface area contributed by atoms with Gasteiger partial charge >= 0.3 is 5.97 Å². The van der Waals surface area contributed by atoms with Crippen molar-refractivity contribution in [2.24, 2.45) is 0 Å². The van der Waals surface area contributed by atoms with E-state index in [1.165, 1.54) is 0 Å². The predicted octanol–water partition coefficient (Wildman–Crippen LogP) is 3.45. The van der Waals surface area contributed by atoms with Crippen LogP contribution in [0, 0.1) is 0 Å². The molecule has 20 heavy (non-hydrogen) atoms. The highest BCUT2D eigenvalue weighted by atomic mass is 16.5. The van der Waals surface area contributed by atoms with E-state index >= 15 is 0 Å². The molecule has 100 valence electrons. The maximum atomic E-state index is 11.9. The standard InChI is InChI=1S/C17H15NO2/c19-17(20-12-13-6-2-1-3-7-13)10-14-11-18-16-9-5-4-8-15(14)16/h1-9,11,18H,10,12H2. The number of fused-ring (bicyclic) bond motifs is 1. The molecule has 0 bridgehead atoms. The molecule has 0 atom stereocenters. The number of hydrogen-bond donors (Lipinski definition) is 1. The second-order valence-electron chi connectivity index (χ2n) is 4.68. The van der Waals surface area contributed by atoms with E-state index in [4.69, 9.17) is 4.74 Å². The summed E-state index contributed by atoms with van der Waals surface area (Å²) in [6, 6.07) is 17.6. The third-order valence-corrected chi connectivity index (χ3v) is 3.25. The summed E-state index contributed by atoms with van der Waals surface area (Å²) in [5, 5.41) is 1.07. The highest BCUT2D eigenvalue weighted by molar-refractivity contribution is 5.87. The minimum Gasteiger partial charge on any atom is -0.461 e. The van der Waals surface area contributed by atoms with Crippen LogP contribution >= 0.6 is 0 Å². The molecule has 0 amide bonds. The zero-order valence-corrected chi connectivity index (χ0v) is 11.0. The lowest BCUT2D eigenvalue weighted by Gasteiger charge is -2.04. The van der Waals surface area contributed by atoms with Crippen molar-refractivity contribution in [2.75, 3.05) is 0 Å². The van der Waals surface area contributed by atoms with E-state index in [-0.39, 0.29) is 12.4 Å². The number of ether oxygens (including phenoxy) is 1. The Morgan fingerprint density at radius 2 is 1.75 bits per heavy atom. The number of H-pyrrole nitrogens is 1. The molecule has 0 aliphatic carbocycles. The number of para-hydroxylation sites is 1. The van der Waals surface area contributed by atoms with Crippen molar-refractivity contribution in [3.63, 3.8) is 0 Å². The van der Waals surface area contributed by atoms with Crippen LogP contribution in [0.3, 0.4) is 0 Å². The predicted molar refractivity (Wildman–Crippen MR) is 78.2 cm³/mol. The van der Waals surface area contributed by atoms with Gasteiger partial charge < -0.3 is 9.72 Å². The van der Waals surface area contributed by atoms with Gasteiger partial charge in [-0.25, -0.2) is 0 Å². The molecular formula is C17H15NO2. The van der Waals surface area contributed by atoms with Crippen molar-refractivity contribution >= 4 is 16.9 Å². The van der Waals surface area contributed by atoms with E-state index in [1.807, 2.05) is 60.8 Å². The molecule has 3 aromatic rings. The van der Waals surface area contributed by atoms with Gasteiger partial charge in [-0.3, -0.25) is 4.79 Å². The van der Waals surface area contributed by atoms with E-state index in [1.54, 1.807) is 0 Å². The fourth-order valence-corrected chi connectivity index (χ4v) is 2.22. The minimum absolute atomic E-state index is 0.210. The topological polar surface area (TPSA) is 42.1 Å². The third-order valence-electron chi connectivity index (χ3n) is 3.25. The van der Waals surface area contributed by atoms with Gasteiger partial charge in [-0.1, -0.05) is 48.5 Å². The van der Waals surface area contributed by atoms with Gasteiger partial charge in [-0.05, 0) is 17.2 Å². The number of nitrogens with one attached hydrogen (secondary N) is 1. The first-order valence-electron chi connectivity index (χ1n) is 6.57. The summed E-state index contributed by atoms with van der Waals surface area (Å²) in [6.07, 6.45) is 2.16. The Labute approximate surface area is 117 Å². The molecule has 0 spiro atoms. The second kappa shape index (κ2) is 5.61. The van der Waals surface area contributed by atoms with E-state index in [0.29, 0.717) is 6.61 Å². The zero-order valence-electron chi connectivity index (χ0n) is 11.0. The van der Waals surface area contributed by atoms with Crippen molar-refractivity contribution in [1.82, 2.24) is 4.98 Å². The zero-order chi connectivity index (χ0) is 13.8. The SMILES string of the molecule is O=C(Cc1c[nH]c2ccccc12)OCc1ccccc1. The molecule has 0 radical (unpaired) electrons. The lowest BCUT2D eigenvalue weighted by atomic mass is 10.1. The number of benzene rings is 2. The molecule has 0 fully saturated rings. The Bertz CT molecular complexity index is 716. The Hall–Kier alpha value is -2.55. The van der Waals surface area contributed by atoms with Crippen molar-refractivity contribution in [3.05, 3.63) is 71.9 Å². The number of aromatic amines is 1. The van der Waals surface area contributed by atoms with Crippen molar-refractivity contribution < 1.29 is 9.53 Å². The van der Waals surface area contributed by atoms with Crippen LogP contribution in [0.15, 0.2) is 60.8 Å². The molecule has 0 aliphatic heterocycles. The van der Waals surface area contributed by atoms with E-state index in [9.17, 15) is 4.79 Å². The van der Waals surface area contributed by atoms with Gasteiger partial charge in [0.15, 0.2) is 0 Å². The van der Waals surface area contributed by atoms with Crippen molar-refractivity contribution in [1.29, 1.82) is 0 Å². The Balaban J connectivity index is 1.64. The highest BCUT2D eigenvalue weighted by Crippen LogP contribution is 2.18. The average molecular weight is 265 g/mol. The first-order valence-corrected chi connectivity index (χ1v) is 6.57. The van der Waals surface area contributed by atoms with E-state index in [2.05, 4.69) is 4.98 Å². The number of carbonyl (C=O) groups excluding carboxylic acids is 1. The summed E-state index contributed by atoms with van der Waals surface area (Å²) in [6.45, 7) is 0.321. The smallest absolute Gasteiger partial charge is 0.310 e. The fraction of sp³-hybridized carbons (Fsp3) is 0.118. The van der Waals surface area contributed by atoms with Gasteiger partial charge in [0, 0.05) is 17.1 Å². The summed E-state index contributed by atoms with van der Waals surface area (Å²) < 4.78 is 5.30. The summed E-state index contributed by atoms with van der Waals surface area (Å²) in [5.41, 5.74) is 3.01. The molecule has 0 saturated carbocycles. The molecule has 0 aliphatic rings. The second-order valence-corrected chi connectivity index (χ2v) is 4.68. The molecule has 3 rings (SSSR count). The van der Waals surface area contributed by atoms with Crippen LogP contribution in [0.4, 0.5) is 0 Å². The summed E-state index contributed by atoms with van der Waals surface area (Å²) in [5.74, 6) is -0.210. The molecule has 2 aromatic carbocycles. The van der Waals surface area contributed by atoms with E-state index in [0.717, 1.165) is 22.0 Å². The van der Waals surface area contributed by atoms with Gasteiger partial charge in [0.25, 0.3) is 0 Å². The lowest BCUT2D eigenvalue weighted by Crippen LogP contribution is -2.07. The molecule has 1 heterocycles. The minimum atomic E-state index is -0.210. The first kappa shape index (κ1) is 12.5. The van der Waals surface area contributed by atoms with Gasteiger partial charge in [0.05, 0.1) is 6.42 Å². The fourth-order valence-electron chi connectivity index (χ4n) is 2.22. The third kappa shape index (κ3) is 2.72. The summed E-state index contributed by atoms with van der Waals surface area (Å²) in [7, 11) is 0. The average Bonchev–Trinajstić information content (AvgIpc) is 2.90. The Morgan fingerprint density at radius 1 is 1.00 bits per heavy atom. The van der Waals surface area contributed by atoms with Gasteiger partial charge in [-0.2, -0.15) is 0 Å². The normalized spacial score (nSPS) is 10.6. The van der Waals surface area contributed by atoms with Gasteiger partial charge in [-0.15, -0.1) is 0 Å². The quantitative estimate of drug-likeness (QED) is 0.734. The Morgan fingerprint density at radius 3 is 2.60 bits per heavy atom. The highest BCUT2D eigenvalue weighted by Gasteiger charge is 2.09. The maximum Gasteiger partial charge on any atom is 0.310 e. The molecular weight excluding hydrogens is 250 g/mol. The number of hydrogen-bond acceptors (Lipinski definition) is 2. The van der Waals surface area contributed by atoms with Crippen LogP contribution in [0.25, 0.3) is 10.9 Å².